The first-order valence-corrected chi connectivity index (χ1v) is 6.46. The molecule has 0 radical (unpaired) electrons. The van der Waals surface area contributed by atoms with Gasteiger partial charge in [-0.3, -0.25) is 4.79 Å². The predicted octanol–water partition coefficient (Wildman–Crippen LogP) is 1.81. The maximum absolute atomic E-state index is 11.4. The van der Waals surface area contributed by atoms with Crippen LogP contribution in [0.15, 0.2) is 0 Å². The van der Waals surface area contributed by atoms with Crippen molar-refractivity contribution in [3.63, 3.8) is 0 Å². The summed E-state index contributed by atoms with van der Waals surface area (Å²) in [5, 5.41) is 11.4. The minimum atomic E-state index is -1.06. The molecule has 0 bridgehead atoms. The van der Waals surface area contributed by atoms with Crippen LogP contribution in [0.2, 0.25) is 0 Å². The van der Waals surface area contributed by atoms with Crippen LogP contribution < -0.4 is 5.32 Å². The third kappa shape index (κ3) is 8.98. The van der Waals surface area contributed by atoms with Gasteiger partial charge in [0, 0.05) is 6.04 Å². The van der Waals surface area contributed by atoms with Crippen molar-refractivity contribution in [3.05, 3.63) is 0 Å². The third-order valence-electron chi connectivity index (χ3n) is 2.64. The number of carboxylic acids is 1. The van der Waals surface area contributed by atoms with Gasteiger partial charge in [0.2, 0.25) is 5.91 Å². The highest BCUT2D eigenvalue weighted by atomic mass is 16.5. The van der Waals surface area contributed by atoms with Crippen LogP contribution in [0.5, 0.6) is 0 Å². The molecule has 2 N–H and O–H groups in total. The standard InChI is InChI=1S/C13H25NO4/c1-9(2)6-5-7-10(3)14-12(15)8-18-11(4)13(16)17/h9-11H,5-8H2,1-4H3,(H,14,15)(H,16,17)/t10?,11-/m1/s1. The number of nitrogens with one attached hydrogen (secondary N) is 1. The van der Waals surface area contributed by atoms with Gasteiger partial charge in [0.15, 0.2) is 6.10 Å². The van der Waals surface area contributed by atoms with Crippen molar-refractivity contribution in [1.82, 2.24) is 5.32 Å². The number of hydrogen-bond donors (Lipinski definition) is 2. The number of rotatable bonds is 9. The maximum atomic E-state index is 11.4. The highest BCUT2D eigenvalue weighted by Crippen LogP contribution is 2.08. The molecule has 0 aliphatic carbocycles. The van der Waals surface area contributed by atoms with Gasteiger partial charge in [0.25, 0.3) is 0 Å². The Bertz CT molecular complexity index is 266. The Hall–Kier alpha value is -1.10. The average Bonchev–Trinajstić information content (AvgIpc) is 2.24. The minimum absolute atomic E-state index is 0.0972. The van der Waals surface area contributed by atoms with E-state index in [1.54, 1.807) is 0 Å². The summed E-state index contributed by atoms with van der Waals surface area (Å²) in [6.45, 7) is 7.48. The van der Waals surface area contributed by atoms with Crippen LogP contribution in [0.1, 0.15) is 47.0 Å². The van der Waals surface area contributed by atoms with Gasteiger partial charge in [0.1, 0.15) is 6.61 Å². The molecule has 1 unspecified atom stereocenters. The highest BCUT2D eigenvalue weighted by molar-refractivity contribution is 5.78. The van der Waals surface area contributed by atoms with Gasteiger partial charge >= 0.3 is 5.97 Å². The summed E-state index contributed by atoms with van der Waals surface area (Å²) in [5.41, 5.74) is 0. The molecule has 18 heavy (non-hydrogen) atoms. The lowest BCUT2D eigenvalue weighted by Crippen LogP contribution is -2.37. The molecule has 1 amide bonds. The molecule has 0 aromatic heterocycles. The van der Waals surface area contributed by atoms with E-state index in [-0.39, 0.29) is 18.6 Å². The third-order valence-corrected chi connectivity index (χ3v) is 2.64. The summed E-state index contributed by atoms with van der Waals surface area (Å²) in [4.78, 5) is 21.9. The lowest BCUT2D eigenvalue weighted by Gasteiger charge is -2.15. The van der Waals surface area contributed by atoms with E-state index < -0.39 is 12.1 Å². The summed E-state index contributed by atoms with van der Waals surface area (Å²) in [5.74, 6) is -0.652. The Kier molecular flexibility index (Phi) is 8.37. The molecule has 0 spiro atoms. The van der Waals surface area contributed by atoms with E-state index in [0.717, 1.165) is 19.3 Å². The number of carbonyl (C=O) groups is 2. The first-order chi connectivity index (χ1) is 8.32. The van der Waals surface area contributed by atoms with E-state index >= 15 is 0 Å². The van der Waals surface area contributed by atoms with E-state index in [9.17, 15) is 9.59 Å². The van der Waals surface area contributed by atoms with Crippen molar-refractivity contribution >= 4 is 11.9 Å². The Morgan fingerprint density at radius 2 is 1.78 bits per heavy atom. The molecule has 0 rings (SSSR count). The van der Waals surface area contributed by atoms with Crippen LogP contribution in [0.4, 0.5) is 0 Å². The smallest absolute Gasteiger partial charge is 0.332 e. The maximum Gasteiger partial charge on any atom is 0.332 e. The molecule has 5 nitrogen and oxygen atoms in total. The molecule has 0 aromatic carbocycles. The average molecular weight is 259 g/mol. The fraction of sp³-hybridized carbons (Fsp3) is 0.846. The highest BCUT2D eigenvalue weighted by Gasteiger charge is 2.14. The molecule has 0 aromatic rings. The van der Waals surface area contributed by atoms with Crippen molar-refractivity contribution in [2.45, 2.75) is 59.1 Å². The Labute approximate surface area is 109 Å². The molecule has 5 heteroatoms. The second-order valence-electron chi connectivity index (χ2n) is 5.08. The van der Waals surface area contributed by atoms with Crippen LogP contribution in [0.3, 0.4) is 0 Å². The summed E-state index contributed by atoms with van der Waals surface area (Å²) in [7, 11) is 0. The largest absolute Gasteiger partial charge is 0.479 e. The lowest BCUT2D eigenvalue weighted by molar-refractivity contribution is -0.150. The van der Waals surface area contributed by atoms with Crippen LogP contribution in [0, 0.1) is 5.92 Å². The van der Waals surface area contributed by atoms with Gasteiger partial charge in [-0.05, 0) is 26.2 Å². The summed E-state index contributed by atoms with van der Waals surface area (Å²) < 4.78 is 4.90. The number of carboxylic acid groups (broad SMARTS) is 1. The molecule has 0 aliphatic heterocycles. The zero-order valence-electron chi connectivity index (χ0n) is 11.7. The Morgan fingerprint density at radius 1 is 1.17 bits per heavy atom. The monoisotopic (exact) mass is 259 g/mol. The first-order valence-electron chi connectivity index (χ1n) is 6.46. The van der Waals surface area contributed by atoms with E-state index in [2.05, 4.69) is 19.2 Å². The number of carbonyl (C=O) groups excluding carboxylic acids is 1. The molecule has 2 atom stereocenters. The van der Waals surface area contributed by atoms with Crippen LogP contribution in [-0.2, 0) is 14.3 Å². The van der Waals surface area contributed by atoms with Crippen molar-refractivity contribution in [2.75, 3.05) is 6.61 Å². The van der Waals surface area contributed by atoms with Gasteiger partial charge in [0.05, 0.1) is 0 Å². The predicted molar refractivity (Wildman–Crippen MR) is 69.3 cm³/mol. The molecular formula is C13H25NO4. The van der Waals surface area contributed by atoms with E-state index in [1.165, 1.54) is 6.92 Å². The second-order valence-corrected chi connectivity index (χ2v) is 5.08. The van der Waals surface area contributed by atoms with E-state index in [1.807, 2.05) is 6.92 Å². The van der Waals surface area contributed by atoms with Gasteiger partial charge < -0.3 is 15.2 Å². The zero-order valence-corrected chi connectivity index (χ0v) is 11.7. The lowest BCUT2D eigenvalue weighted by atomic mass is 10.0. The fourth-order valence-electron chi connectivity index (χ4n) is 1.49. The topological polar surface area (TPSA) is 75.6 Å². The van der Waals surface area contributed by atoms with Crippen molar-refractivity contribution in [1.29, 1.82) is 0 Å². The van der Waals surface area contributed by atoms with Crippen molar-refractivity contribution < 1.29 is 19.4 Å². The number of ether oxygens (including phenoxy) is 1. The van der Waals surface area contributed by atoms with Gasteiger partial charge in [-0.2, -0.15) is 0 Å². The van der Waals surface area contributed by atoms with Crippen LogP contribution in [-0.4, -0.2) is 35.7 Å². The zero-order chi connectivity index (χ0) is 14.1. The normalized spacial score (nSPS) is 14.3. The van der Waals surface area contributed by atoms with Crippen molar-refractivity contribution in [2.24, 2.45) is 5.92 Å². The second kappa shape index (κ2) is 8.91. The molecule has 0 saturated heterocycles. The van der Waals surface area contributed by atoms with Crippen LogP contribution >= 0.6 is 0 Å². The van der Waals surface area contributed by atoms with Crippen LogP contribution in [0.25, 0.3) is 0 Å². The van der Waals surface area contributed by atoms with E-state index in [0.29, 0.717) is 5.92 Å². The Balaban J connectivity index is 3.70. The van der Waals surface area contributed by atoms with Gasteiger partial charge in [-0.15, -0.1) is 0 Å². The minimum Gasteiger partial charge on any atom is -0.479 e. The van der Waals surface area contributed by atoms with E-state index in [4.69, 9.17) is 9.84 Å². The quantitative estimate of drug-likeness (QED) is 0.662. The fourth-order valence-corrected chi connectivity index (χ4v) is 1.49. The van der Waals surface area contributed by atoms with Gasteiger partial charge in [-0.25, -0.2) is 4.79 Å². The Morgan fingerprint density at radius 3 is 2.28 bits per heavy atom. The molecule has 0 aliphatic rings. The first kappa shape index (κ1) is 16.9. The number of hydrogen-bond acceptors (Lipinski definition) is 3. The summed E-state index contributed by atoms with van der Waals surface area (Å²) in [6.07, 6.45) is 2.20. The summed E-state index contributed by atoms with van der Waals surface area (Å²) >= 11 is 0. The van der Waals surface area contributed by atoms with Gasteiger partial charge in [-0.1, -0.05) is 26.7 Å². The molecule has 0 heterocycles. The summed E-state index contributed by atoms with van der Waals surface area (Å²) in [6, 6.07) is 0.0972. The SMILES string of the molecule is CC(C)CCCC(C)NC(=O)CO[C@H](C)C(=O)O. The molecular weight excluding hydrogens is 234 g/mol. The number of amides is 1. The number of aliphatic carboxylic acids is 1. The molecule has 0 fully saturated rings. The molecule has 0 saturated carbocycles. The molecule has 106 valence electrons. The van der Waals surface area contributed by atoms with Crippen molar-refractivity contribution in [3.8, 4) is 0 Å².